The lowest BCUT2D eigenvalue weighted by Crippen LogP contribution is -2.39. The van der Waals surface area contributed by atoms with Gasteiger partial charge in [0.25, 0.3) is 0 Å². The van der Waals surface area contributed by atoms with Crippen LogP contribution in [0.1, 0.15) is 45.4 Å². The van der Waals surface area contributed by atoms with Crippen LogP contribution in [-0.2, 0) is 14.3 Å². The fourth-order valence-corrected chi connectivity index (χ4v) is 2.34. The molecule has 80 valence electrons. The van der Waals surface area contributed by atoms with E-state index >= 15 is 0 Å². The highest BCUT2D eigenvalue weighted by atomic mass is 16.8. The van der Waals surface area contributed by atoms with E-state index in [4.69, 9.17) is 9.47 Å². The van der Waals surface area contributed by atoms with Gasteiger partial charge in [-0.2, -0.15) is 0 Å². The van der Waals surface area contributed by atoms with Crippen LogP contribution >= 0.6 is 0 Å². The van der Waals surface area contributed by atoms with Crippen LogP contribution in [0.4, 0.5) is 0 Å². The topological polar surface area (TPSA) is 35.5 Å². The number of rotatable bonds is 2. The fourth-order valence-electron chi connectivity index (χ4n) is 2.34. The fraction of sp³-hybridized carbons (Fsp3) is 0.909. The summed E-state index contributed by atoms with van der Waals surface area (Å²) >= 11 is 0. The maximum atomic E-state index is 11.0. The van der Waals surface area contributed by atoms with E-state index in [9.17, 15) is 4.79 Å². The summed E-state index contributed by atoms with van der Waals surface area (Å²) in [5.41, 5.74) is -0.655. The van der Waals surface area contributed by atoms with E-state index in [1.54, 1.807) is 0 Å². The molecule has 0 aromatic carbocycles. The van der Waals surface area contributed by atoms with Crippen LogP contribution in [0.2, 0.25) is 0 Å². The molecule has 0 aromatic heterocycles. The quantitative estimate of drug-likeness (QED) is 0.637. The zero-order valence-corrected chi connectivity index (χ0v) is 8.75. The third-order valence-corrected chi connectivity index (χ3v) is 3.40. The molecule has 3 heteroatoms. The Balaban J connectivity index is 2.08. The molecule has 3 nitrogen and oxygen atoms in total. The zero-order valence-electron chi connectivity index (χ0n) is 8.75. The van der Waals surface area contributed by atoms with Crippen LogP contribution in [0.5, 0.6) is 0 Å². The molecule has 0 radical (unpaired) electrons. The highest BCUT2D eigenvalue weighted by molar-refractivity contribution is 5.63. The van der Waals surface area contributed by atoms with Gasteiger partial charge in [-0.25, -0.2) is 0 Å². The van der Waals surface area contributed by atoms with Crippen molar-refractivity contribution in [1.29, 1.82) is 0 Å². The van der Waals surface area contributed by atoms with Crippen molar-refractivity contribution in [3.8, 4) is 0 Å². The lowest BCUT2D eigenvalue weighted by Gasteiger charge is -2.33. The normalized spacial score (nSPS) is 36.1. The first-order valence-corrected chi connectivity index (χ1v) is 5.55. The Labute approximate surface area is 84.8 Å². The molecule has 1 atom stereocenters. The maximum Gasteiger partial charge on any atom is 0.169 e. The third-order valence-electron chi connectivity index (χ3n) is 3.40. The Morgan fingerprint density at radius 3 is 2.50 bits per heavy atom. The first-order valence-electron chi connectivity index (χ1n) is 5.55. The summed E-state index contributed by atoms with van der Waals surface area (Å²) in [6.07, 6.45) is 7.08. The Morgan fingerprint density at radius 2 is 2.00 bits per heavy atom. The van der Waals surface area contributed by atoms with E-state index in [1.165, 1.54) is 6.42 Å². The molecule has 1 spiro atoms. The Kier molecular flexibility index (Phi) is 2.62. The van der Waals surface area contributed by atoms with Crippen molar-refractivity contribution in [2.45, 2.75) is 56.8 Å². The van der Waals surface area contributed by atoms with Gasteiger partial charge in [0.15, 0.2) is 12.1 Å². The summed E-state index contributed by atoms with van der Waals surface area (Å²) in [6.45, 7) is 2.41. The largest absolute Gasteiger partial charge is 0.346 e. The minimum absolute atomic E-state index is 0.421. The van der Waals surface area contributed by atoms with E-state index in [2.05, 4.69) is 0 Å². The van der Waals surface area contributed by atoms with Crippen LogP contribution in [0.25, 0.3) is 0 Å². The van der Waals surface area contributed by atoms with Crippen LogP contribution < -0.4 is 0 Å². The van der Waals surface area contributed by atoms with E-state index < -0.39 is 11.4 Å². The molecular weight excluding hydrogens is 180 g/mol. The number of carbonyl (C=O) groups excluding carboxylic acids is 1. The van der Waals surface area contributed by atoms with Crippen LogP contribution in [0, 0.1) is 0 Å². The second-order valence-corrected chi connectivity index (χ2v) is 4.40. The monoisotopic (exact) mass is 198 g/mol. The van der Waals surface area contributed by atoms with E-state index in [-0.39, 0.29) is 0 Å². The molecule has 2 fully saturated rings. The molecule has 1 aliphatic heterocycles. The molecule has 0 unspecified atom stereocenters. The lowest BCUT2D eigenvalue weighted by atomic mass is 9.94. The van der Waals surface area contributed by atoms with Crippen molar-refractivity contribution in [1.82, 2.24) is 0 Å². The Morgan fingerprint density at radius 1 is 1.29 bits per heavy atom. The van der Waals surface area contributed by atoms with E-state index in [1.807, 2.05) is 6.92 Å². The van der Waals surface area contributed by atoms with Crippen molar-refractivity contribution in [2.24, 2.45) is 0 Å². The highest BCUT2D eigenvalue weighted by Gasteiger charge is 2.49. The molecule has 2 rings (SSSR count). The first-order chi connectivity index (χ1) is 6.74. The number of hydrogen-bond acceptors (Lipinski definition) is 3. The van der Waals surface area contributed by atoms with Gasteiger partial charge >= 0.3 is 0 Å². The smallest absolute Gasteiger partial charge is 0.169 e. The van der Waals surface area contributed by atoms with Crippen LogP contribution in [0.15, 0.2) is 0 Å². The molecule has 14 heavy (non-hydrogen) atoms. The summed E-state index contributed by atoms with van der Waals surface area (Å²) in [4.78, 5) is 11.0. The molecule has 0 bridgehead atoms. The Bertz CT molecular complexity index is 221. The summed E-state index contributed by atoms with van der Waals surface area (Å²) in [5.74, 6) is -0.421. The minimum Gasteiger partial charge on any atom is -0.346 e. The minimum atomic E-state index is -0.655. The van der Waals surface area contributed by atoms with Gasteiger partial charge < -0.3 is 14.3 Å². The van der Waals surface area contributed by atoms with Gasteiger partial charge in [-0.05, 0) is 19.3 Å². The second kappa shape index (κ2) is 3.63. The predicted molar refractivity (Wildman–Crippen MR) is 51.9 cm³/mol. The van der Waals surface area contributed by atoms with Gasteiger partial charge in [-0.1, -0.05) is 13.3 Å². The van der Waals surface area contributed by atoms with Crippen LogP contribution in [-0.4, -0.2) is 24.3 Å². The van der Waals surface area contributed by atoms with Crippen molar-refractivity contribution >= 4 is 6.29 Å². The molecule has 2 aliphatic rings. The first kappa shape index (κ1) is 10.1. The molecule has 1 aliphatic carbocycles. The molecule has 1 saturated carbocycles. The zero-order chi connectivity index (χ0) is 10.1. The highest BCUT2D eigenvalue weighted by Crippen LogP contribution is 2.41. The summed E-state index contributed by atoms with van der Waals surface area (Å²) in [5, 5.41) is 0. The molecule has 0 N–H and O–H groups in total. The second-order valence-electron chi connectivity index (χ2n) is 4.40. The standard InChI is InChI=1S/C11H18O3/c1-2-10(8-12)9-13-11(14-10)6-4-3-5-7-11/h8H,2-7,9H2,1H3/t10-/m0/s1. The molecular formula is C11H18O3. The van der Waals surface area contributed by atoms with Crippen molar-refractivity contribution in [2.75, 3.05) is 6.61 Å². The number of aldehydes is 1. The van der Waals surface area contributed by atoms with Crippen molar-refractivity contribution in [3.05, 3.63) is 0 Å². The predicted octanol–water partition coefficient (Wildman–Crippen LogP) is 2.04. The van der Waals surface area contributed by atoms with E-state index in [0.29, 0.717) is 13.0 Å². The third kappa shape index (κ3) is 1.59. The van der Waals surface area contributed by atoms with Crippen LogP contribution in [0.3, 0.4) is 0 Å². The average molecular weight is 198 g/mol. The van der Waals surface area contributed by atoms with Gasteiger partial charge in [-0.3, -0.25) is 0 Å². The number of ether oxygens (including phenoxy) is 2. The van der Waals surface area contributed by atoms with Gasteiger partial charge in [0.2, 0.25) is 0 Å². The summed E-state index contributed by atoms with van der Waals surface area (Å²) in [6, 6.07) is 0. The Hall–Kier alpha value is -0.410. The lowest BCUT2D eigenvalue weighted by molar-refractivity contribution is -0.202. The number of carbonyl (C=O) groups is 1. The molecule has 0 amide bonds. The summed E-state index contributed by atoms with van der Waals surface area (Å²) in [7, 11) is 0. The van der Waals surface area contributed by atoms with Gasteiger partial charge in [0.1, 0.15) is 5.60 Å². The van der Waals surface area contributed by atoms with Gasteiger partial charge in [0, 0.05) is 12.8 Å². The van der Waals surface area contributed by atoms with Crippen molar-refractivity contribution in [3.63, 3.8) is 0 Å². The number of hydrogen-bond donors (Lipinski definition) is 0. The van der Waals surface area contributed by atoms with Crippen molar-refractivity contribution < 1.29 is 14.3 Å². The SMILES string of the molecule is CC[C@]1(C=O)COC2(CCCCC2)O1. The maximum absolute atomic E-state index is 11.0. The molecule has 0 aromatic rings. The van der Waals surface area contributed by atoms with Gasteiger partial charge in [-0.15, -0.1) is 0 Å². The average Bonchev–Trinajstić information content (AvgIpc) is 2.60. The molecule has 1 saturated heterocycles. The summed E-state index contributed by atoms with van der Waals surface area (Å²) < 4.78 is 11.6. The molecule has 1 heterocycles. The van der Waals surface area contributed by atoms with E-state index in [0.717, 1.165) is 32.0 Å². The van der Waals surface area contributed by atoms with Gasteiger partial charge in [0.05, 0.1) is 6.61 Å².